The van der Waals surface area contributed by atoms with Crippen LogP contribution in [0.4, 0.5) is 14.5 Å². The Morgan fingerprint density at radius 3 is 2.46 bits per heavy atom. The molecule has 3 aromatic heterocycles. The molecule has 0 aliphatic heterocycles. The van der Waals surface area contributed by atoms with Crippen molar-refractivity contribution in [3.63, 3.8) is 0 Å². The largest absolute Gasteiger partial charge is 0.359 e. The summed E-state index contributed by atoms with van der Waals surface area (Å²) < 4.78 is 27.1. The lowest BCUT2D eigenvalue weighted by atomic mass is 9.95. The Balaban J connectivity index is 1.81. The number of anilines is 1. The standard InChI is InChI=1S/C27H30ClF2N5/c1-16-14-32-25(23-9-10-31-26(35-23)27(4,5)6)13-24(16)34-17(2)11-19(18(3)28)7-8-22-21(30)12-20(29)15-33-22/h9-15H,7-8H2,1-6H3,(H,32,34)/b17-11-,19-18+. The summed E-state index contributed by atoms with van der Waals surface area (Å²) >= 11 is 6.32. The lowest BCUT2D eigenvalue weighted by Gasteiger charge is -2.17. The predicted molar refractivity (Wildman–Crippen MR) is 137 cm³/mol. The summed E-state index contributed by atoms with van der Waals surface area (Å²) in [6, 6.07) is 4.64. The Bertz CT molecular complexity index is 1270. The molecule has 0 unspecified atom stereocenters. The quantitative estimate of drug-likeness (QED) is 0.347. The van der Waals surface area contributed by atoms with Crippen LogP contribution < -0.4 is 5.32 Å². The van der Waals surface area contributed by atoms with Gasteiger partial charge >= 0.3 is 0 Å². The van der Waals surface area contributed by atoms with Gasteiger partial charge in [0.1, 0.15) is 17.5 Å². The SMILES string of the molecule is C/C(=C/C(CCc1ncc(F)cc1F)=C(\C)Cl)Nc1cc(-c2ccnc(C(C)(C)C)n2)ncc1C. The third-order valence-electron chi connectivity index (χ3n) is 5.37. The minimum Gasteiger partial charge on any atom is -0.359 e. The molecular formula is C27H30ClF2N5. The van der Waals surface area contributed by atoms with Crippen molar-refractivity contribution in [2.24, 2.45) is 0 Å². The van der Waals surface area contributed by atoms with Crippen molar-refractivity contribution in [2.75, 3.05) is 5.32 Å². The van der Waals surface area contributed by atoms with Crippen molar-refractivity contribution in [3.8, 4) is 11.4 Å². The van der Waals surface area contributed by atoms with Crippen LogP contribution in [0.25, 0.3) is 11.4 Å². The number of nitrogens with zero attached hydrogens (tertiary/aromatic N) is 4. The topological polar surface area (TPSA) is 63.6 Å². The van der Waals surface area contributed by atoms with Crippen LogP contribution in [-0.4, -0.2) is 19.9 Å². The molecule has 0 aliphatic carbocycles. The molecule has 0 fully saturated rings. The van der Waals surface area contributed by atoms with Crippen molar-refractivity contribution in [3.05, 3.63) is 87.9 Å². The molecule has 0 saturated heterocycles. The van der Waals surface area contributed by atoms with Gasteiger partial charge in [-0.05, 0) is 63.0 Å². The van der Waals surface area contributed by atoms with Gasteiger partial charge in [-0.1, -0.05) is 32.4 Å². The number of rotatable bonds is 7. The van der Waals surface area contributed by atoms with Gasteiger partial charge in [-0.25, -0.2) is 18.7 Å². The molecule has 0 atom stereocenters. The molecule has 5 nitrogen and oxygen atoms in total. The fourth-order valence-corrected chi connectivity index (χ4v) is 3.54. The van der Waals surface area contributed by atoms with E-state index in [1.165, 1.54) is 0 Å². The Kier molecular flexibility index (Phi) is 8.33. The van der Waals surface area contributed by atoms with Gasteiger partial charge < -0.3 is 5.32 Å². The predicted octanol–water partition coefficient (Wildman–Crippen LogP) is 7.28. The Morgan fingerprint density at radius 1 is 1.06 bits per heavy atom. The number of hydrogen-bond acceptors (Lipinski definition) is 5. The molecule has 3 rings (SSSR count). The Hall–Kier alpha value is -3.19. The molecule has 0 aromatic carbocycles. The smallest absolute Gasteiger partial charge is 0.147 e. The minimum absolute atomic E-state index is 0.171. The van der Waals surface area contributed by atoms with Crippen LogP contribution in [0.15, 0.2) is 59.2 Å². The minimum atomic E-state index is -0.695. The van der Waals surface area contributed by atoms with Crippen LogP contribution >= 0.6 is 11.6 Å². The normalized spacial score (nSPS) is 13.0. The molecule has 1 N–H and O–H groups in total. The van der Waals surface area contributed by atoms with Crippen molar-refractivity contribution in [1.29, 1.82) is 0 Å². The van der Waals surface area contributed by atoms with Crippen molar-refractivity contribution >= 4 is 17.3 Å². The molecule has 0 amide bonds. The second-order valence-electron chi connectivity index (χ2n) is 9.49. The fraction of sp³-hybridized carbons (Fsp3) is 0.333. The van der Waals surface area contributed by atoms with Crippen LogP contribution in [0.2, 0.25) is 0 Å². The van der Waals surface area contributed by atoms with Gasteiger partial charge in [0.15, 0.2) is 0 Å². The number of nitrogens with one attached hydrogen (secondary N) is 1. The third-order valence-corrected chi connectivity index (χ3v) is 5.61. The van der Waals surface area contributed by atoms with Gasteiger partial charge in [-0.15, -0.1) is 0 Å². The van der Waals surface area contributed by atoms with E-state index < -0.39 is 11.6 Å². The van der Waals surface area contributed by atoms with Crippen LogP contribution in [0.5, 0.6) is 0 Å². The number of allylic oxidation sites excluding steroid dienone is 4. The van der Waals surface area contributed by atoms with E-state index in [-0.39, 0.29) is 11.1 Å². The second-order valence-corrected chi connectivity index (χ2v) is 10.1. The summed E-state index contributed by atoms with van der Waals surface area (Å²) in [6.07, 6.45) is 7.26. The Morgan fingerprint density at radius 2 is 1.80 bits per heavy atom. The summed E-state index contributed by atoms with van der Waals surface area (Å²) in [7, 11) is 0. The summed E-state index contributed by atoms with van der Waals surface area (Å²) in [6.45, 7) is 11.9. The molecule has 184 valence electrons. The number of hydrogen-bond donors (Lipinski definition) is 1. The highest BCUT2D eigenvalue weighted by Crippen LogP contribution is 2.26. The Labute approximate surface area is 210 Å². The molecule has 0 aliphatic rings. The highest BCUT2D eigenvalue weighted by atomic mass is 35.5. The van der Waals surface area contributed by atoms with Gasteiger partial charge in [0.25, 0.3) is 0 Å². The van der Waals surface area contributed by atoms with E-state index in [4.69, 9.17) is 16.6 Å². The lowest BCUT2D eigenvalue weighted by molar-refractivity contribution is 0.546. The van der Waals surface area contributed by atoms with E-state index in [1.54, 1.807) is 19.3 Å². The van der Waals surface area contributed by atoms with E-state index in [0.717, 1.165) is 52.0 Å². The number of aryl methyl sites for hydroxylation is 2. The van der Waals surface area contributed by atoms with Crippen molar-refractivity contribution in [1.82, 2.24) is 19.9 Å². The molecule has 0 spiro atoms. The van der Waals surface area contributed by atoms with Gasteiger partial charge in [-0.2, -0.15) is 0 Å². The van der Waals surface area contributed by atoms with Gasteiger partial charge in [0.05, 0.1) is 23.3 Å². The highest BCUT2D eigenvalue weighted by molar-refractivity contribution is 6.29. The zero-order valence-electron chi connectivity index (χ0n) is 20.9. The maximum absolute atomic E-state index is 14.0. The van der Waals surface area contributed by atoms with E-state index >= 15 is 0 Å². The summed E-state index contributed by atoms with van der Waals surface area (Å²) in [5.41, 5.74) is 5.06. The first-order valence-corrected chi connectivity index (χ1v) is 11.7. The zero-order chi connectivity index (χ0) is 25.8. The maximum Gasteiger partial charge on any atom is 0.147 e. The van der Waals surface area contributed by atoms with E-state index in [9.17, 15) is 8.78 Å². The zero-order valence-corrected chi connectivity index (χ0v) is 21.6. The molecule has 0 saturated carbocycles. The van der Waals surface area contributed by atoms with Crippen molar-refractivity contribution in [2.45, 2.75) is 59.8 Å². The van der Waals surface area contributed by atoms with Crippen molar-refractivity contribution < 1.29 is 8.78 Å². The van der Waals surface area contributed by atoms with E-state index in [0.29, 0.717) is 17.9 Å². The van der Waals surface area contributed by atoms with Crippen LogP contribution in [0.3, 0.4) is 0 Å². The summed E-state index contributed by atoms with van der Waals surface area (Å²) in [5, 5.41) is 4.01. The van der Waals surface area contributed by atoms with Gasteiger partial charge in [-0.3, -0.25) is 9.97 Å². The molecule has 35 heavy (non-hydrogen) atoms. The first-order chi connectivity index (χ1) is 16.4. The third kappa shape index (κ3) is 7.15. The average molecular weight is 498 g/mol. The number of pyridine rings is 2. The highest BCUT2D eigenvalue weighted by Gasteiger charge is 2.18. The van der Waals surface area contributed by atoms with Crippen LogP contribution in [0, 0.1) is 18.6 Å². The summed E-state index contributed by atoms with van der Waals surface area (Å²) in [5.74, 6) is -0.601. The first kappa shape index (κ1) is 26.4. The monoisotopic (exact) mass is 497 g/mol. The molecule has 0 radical (unpaired) electrons. The molecule has 3 heterocycles. The summed E-state index contributed by atoms with van der Waals surface area (Å²) in [4.78, 5) is 17.5. The lowest BCUT2D eigenvalue weighted by Crippen LogP contribution is -2.16. The van der Waals surface area contributed by atoms with Gasteiger partial charge in [0.2, 0.25) is 0 Å². The van der Waals surface area contributed by atoms with Gasteiger partial charge in [0, 0.05) is 40.3 Å². The molecule has 3 aromatic rings. The number of aromatic nitrogens is 4. The average Bonchev–Trinajstić information content (AvgIpc) is 2.78. The van der Waals surface area contributed by atoms with Crippen LogP contribution in [-0.2, 0) is 11.8 Å². The van der Waals surface area contributed by atoms with Crippen LogP contribution in [0.1, 0.15) is 58.1 Å². The van der Waals surface area contributed by atoms with E-state index in [1.807, 2.05) is 32.1 Å². The molecule has 8 heteroatoms. The molecule has 0 bridgehead atoms. The number of halogens is 3. The molecular weight excluding hydrogens is 468 g/mol. The maximum atomic E-state index is 14.0. The second kappa shape index (κ2) is 11.0. The van der Waals surface area contributed by atoms with E-state index in [2.05, 4.69) is 41.0 Å². The first-order valence-electron chi connectivity index (χ1n) is 11.3. The fourth-order valence-electron chi connectivity index (χ4n) is 3.39.